The number of nitrogens with zero attached hydrogens (tertiary/aromatic N) is 2. The van der Waals surface area contributed by atoms with Gasteiger partial charge in [-0.15, -0.1) is 0 Å². The van der Waals surface area contributed by atoms with E-state index in [1.165, 1.54) is 0 Å². The third kappa shape index (κ3) is 1.40. The summed E-state index contributed by atoms with van der Waals surface area (Å²) in [5, 5.41) is 0. The largest absolute Gasteiger partial charge is 0.341 e. The van der Waals surface area contributed by atoms with E-state index in [9.17, 15) is 0 Å². The van der Waals surface area contributed by atoms with Crippen LogP contribution in [0.1, 0.15) is 18.3 Å². The van der Waals surface area contributed by atoms with E-state index >= 15 is 0 Å². The third-order valence-corrected chi connectivity index (χ3v) is 2.01. The van der Waals surface area contributed by atoms with Crippen LogP contribution in [0.2, 0.25) is 0 Å². The van der Waals surface area contributed by atoms with Crippen molar-refractivity contribution < 1.29 is 0 Å². The fraction of sp³-hybridized carbons (Fsp3) is 0.333. The summed E-state index contributed by atoms with van der Waals surface area (Å²) in [6.45, 7) is 2.57. The van der Waals surface area contributed by atoms with Crippen LogP contribution in [0.15, 0.2) is 12.3 Å². The molecule has 13 heavy (non-hydrogen) atoms. The first-order valence-electron chi connectivity index (χ1n) is 4.37. The number of fused-ring (bicyclic) bond motifs is 1. The first-order valence-corrected chi connectivity index (χ1v) is 4.37. The molecule has 68 valence electrons. The average molecular weight is 176 g/mol. The van der Waals surface area contributed by atoms with Gasteiger partial charge in [-0.1, -0.05) is 6.92 Å². The molecule has 0 aliphatic heterocycles. The molecule has 0 saturated carbocycles. The molecule has 0 unspecified atom stereocenters. The third-order valence-electron chi connectivity index (χ3n) is 2.01. The molecule has 0 aliphatic rings. The summed E-state index contributed by atoms with van der Waals surface area (Å²) in [6, 6.07) is 1.99. The van der Waals surface area contributed by atoms with E-state index in [1.807, 2.05) is 6.07 Å². The number of nitrogens with one attached hydrogen (secondary N) is 1. The van der Waals surface area contributed by atoms with Gasteiger partial charge < -0.3 is 10.7 Å². The van der Waals surface area contributed by atoms with Crippen LogP contribution in [0.5, 0.6) is 0 Å². The summed E-state index contributed by atoms with van der Waals surface area (Å²) >= 11 is 0. The van der Waals surface area contributed by atoms with Gasteiger partial charge in [-0.3, -0.25) is 0 Å². The van der Waals surface area contributed by atoms with Crippen LogP contribution < -0.4 is 5.73 Å². The van der Waals surface area contributed by atoms with Crippen molar-refractivity contribution in [2.24, 2.45) is 5.73 Å². The first kappa shape index (κ1) is 8.19. The van der Waals surface area contributed by atoms with Crippen molar-refractivity contribution in [1.29, 1.82) is 0 Å². The summed E-state index contributed by atoms with van der Waals surface area (Å²) in [5.41, 5.74) is 8.28. The maximum Gasteiger partial charge on any atom is 0.177 e. The van der Waals surface area contributed by atoms with Gasteiger partial charge in [0.1, 0.15) is 5.82 Å². The minimum atomic E-state index is 0.517. The Hall–Kier alpha value is -1.42. The Labute approximate surface area is 76.2 Å². The number of hydrogen-bond acceptors (Lipinski definition) is 3. The molecule has 4 heteroatoms. The normalized spacial score (nSPS) is 10.9. The Kier molecular flexibility index (Phi) is 1.98. The average Bonchev–Trinajstić information content (AvgIpc) is 2.58. The molecule has 0 spiro atoms. The van der Waals surface area contributed by atoms with Gasteiger partial charge in [0.25, 0.3) is 0 Å². The zero-order valence-electron chi connectivity index (χ0n) is 7.54. The van der Waals surface area contributed by atoms with Gasteiger partial charge >= 0.3 is 0 Å². The second kappa shape index (κ2) is 3.14. The predicted molar refractivity (Wildman–Crippen MR) is 51.2 cm³/mol. The van der Waals surface area contributed by atoms with E-state index in [0.717, 1.165) is 29.0 Å². The molecule has 4 nitrogen and oxygen atoms in total. The van der Waals surface area contributed by atoms with E-state index < -0.39 is 0 Å². The van der Waals surface area contributed by atoms with Gasteiger partial charge in [-0.2, -0.15) is 0 Å². The van der Waals surface area contributed by atoms with Crippen molar-refractivity contribution in [2.75, 3.05) is 0 Å². The van der Waals surface area contributed by atoms with Crippen LogP contribution in [-0.2, 0) is 13.0 Å². The molecular formula is C9H12N4. The predicted octanol–water partition coefficient (Wildman–Crippen LogP) is 0.979. The fourth-order valence-corrected chi connectivity index (χ4v) is 1.27. The number of nitrogens with two attached hydrogens (primary N) is 1. The number of imidazole rings is 1. The maximum atomic E-state index is 5.51. The minimum Gasteiger partial charge on any atom is -0.341 e. The quantitative estimate of drug-likeness (QED) is 0.716. The van der Waals surface area contributed by atoms with Gasteiger partial charge in [-0.05, 0) is 11.6 Å². The van der Waals surface area contributed by atoms with E-state index in [0.29, 0.717) is 6.54 Å². The number of H-pyrrole nitrogens is 1. The second-order valence-corrected chi connectivity index (χ2v) is 2.96. The monoisotopic (exact) mass is 176 g/mol. The summed E-state index contributed by atoms with van der Waals surface area (Å²) in [5.74, 6) is 0.969. The van der Waals surface area contributed by atoms with Gasteiger partial charge in [0, 0.05) is 19.2 Å². The highest BCUT2D eigenvalue weighted by Crippen LogP contribution is 2.10. The molecule has 0 atom stereocenters. The van der Waals surface area contributed by atoms with Crippen LogP contribution in [0.3, 0.4) is 0 Å². The Morgan fingerprint density at radius 2 is 2.38 bits per heavy atom. The van der Waals surface area contributed by atoms with Crippen LogP contribution >= 0.6 is 0 Å². The van der Waals surface area contributed by atoms with Crippen molar-refractivity contribution in [3.05, 3.63) is 23.7 Å². The zero-order valence-corrected chi connectivity index (χ0v) is 7.54. The molecule has 0 fully saturated rings. The molecule has 0 aromatic carbocycles. The van der Waals surface area contributed by atoms with Crippen LogP contribution in [-0.4, -0.2) is 15.0 Å². The van der Waals surface area contributed by atoms with Crippen molar-refractivity contribution in [2.45, 2.75) is 19.9 Å². The lowest BCUT2D eigenvalue weighted by molar-refractivity contribution is 0.997. The van der Waals surface area contributed by atoms with E-state index in [4.69, 9.17) is 5.73 Å². The molecule has 0 saturated heterocycles. The maximum absolute atomic E-state index is 5.51. The van der Waals surface area contributed by atoms with Crippen molar-refractivity contribution >= 4 is 11.2 Å². The van der Waals surface area contributed by atoms with Crippen LogP contribution in [0, 0.1) is 0 Å². The smallest absolute Gasteiger partial charge is 0.177 e. The Balaban J connectivity index is 2.57. The first-order chi connectivity index (χ1) is 6.33. The van der Waals surface area contributed by atoms with E-state index in [-0.39, 0.29) is 0 Å². The molecule has 2 heterocycles. The van der Waals surface area contributed by atoms with E-state index in [2.05, 4.69) is 21.9 Å². The lowest BCUT2D eigenvalue weighted by Crippen LogP contribution is -1.96. The summed E-state index contributed by atoms with van der Waals surface area (Å²) < 4.78 is 0. The molecule has 3 N–H and O–H groups in total. The topological polar surface area (TPSA) is 67.6 Å². The van der Waals surface area contributed by atoms with Gasteiger partial charge in [0.05, 0.1) is 5.52 Å². The van der Waals surface area contributed by atoms with E-state index in [1.54, 1.807) is 6.20 Å². The van der Waals surface area contributed by atoms with Gasteiger partial charge in [0.15, 0.2) is 5.65 Å². The Morgan fingerprint density at radius 3 is 3.08 bits per heavy atom. The number of hydrogen-bond donors (Lipinski definition) is 2. The van der Waals surface area contributed by atoms with Gasteiger partial charge in [0.2, 0.25) is 0 Å². The van der Waals surface area contributed by atoms with Crippen LogP contribution in [0.4, 0.5) is 0 Å². The highest BCUT2D eigenvalue weighted by atomic mass is 15.0. The highest BCUT2D eigenvalue weighted by molar-refractivity contribution is 5.70. The van der Waals surface area contributed by atoms with Crippen molar-refractivity contribution in [3.8, 4) is 0 Å². The highest BCUT2D eigenvalue weighted by Gasteiger charge is 2.02. The molecule has 0 radical (unpaired) electrons. The lowest BCUT2D eigenvalue weighted by atomic mass is 10.3. The summed E-state index contributed by atoms with van der Waals surface area (Å²) in [7, 11) is 0. The van der Waals surface area contributed by atoms with Crippen molar-refractivity contribution in [3.63, 3.8) is 0 Å². The fourth-order valence-electron chi connectivity index (χ4n) is 1.27. The molecule has 2 rings (SSSR count). The Bertz CT molecular complexity index is 416. The second-order valence-electron chi connectivity index (χ2n) is 2.96. The number of rotatable bonds is 2. The molecule has 2 aromatic rings. The number of aromatic nitrogens is 3. The summed E-state index contributed by atoms with van der Waals surface area (Å²) in [6.07, 6.45) is 2.66. The number of aryl methyl sites for hydroxylation is 1. The van der Waals surface area contributed by atoms with Crippen molar-refractivity contribution in [1.82, 2.24) is 15.0 Å². The number of pyridine rings is 1. The lowest BCUT2D eigenvalue weighted by Gasteiger charge is -1.93. The molecular weight excluding hydrogens is 164 g/mol. The standard InChI is InChI=1S/C9H12N4/c1-2-8-12-7-3-6(4-10)5-11-9(7)13-8/h3,5H,2,4,10H2,1H3,(H,11,12,13). The molecule has 2 aromatic heterocycles. The minimum absolute atomic E-state index is 0.517. The SMILES string of the molecule is CCc1nc2ncc(CN)cc2[nH]1. The summed E-state index contributed by atoms with van der Waals surface area (Å²) in [4.78, 5) is 11.7. The number of aromatic amines is 1. The molecule has 0 bridgehead atoms. The Morgan fingerprint density at radius 1 is 1.54 bits per heavy atom. The molecule has 0 amide bonds. The zero-order chi connectivity index (χ0) is 9.26. The van der Waals surface area contributed by atoms with Crippen LogP contribution in [0.25, 0.3) is 11.2 Å². The molecule has 0 aliphatic carbocycles. The van der Waals surface area contributed by atoms with Gasteiger partial charge in [-0.25, -0.2) is 9.97 Å².